The van der Waals surface area contributed by atoms with Crippen molar-refractivity contribution in [3.63, 3.8) is 0 Å². The third-order valence-electron chi connectivity index (χ3n) is 2.46. The highest BCUT2D eigenvalue weighted by atomic mass is 16.5. The highest BCUT2D eigenvalue weighted by Crippen LogP contribution is 2.25. The Morgan fingerprint density at radius 2 is 2.06 bits per heavy atom. The van der Waals surface area contributed by atoms with Crippen LogP contribution >= 0.6 is 0 Å². The molecule has 0 saturated heterocycles. The molecule has 0 aliphatic rings. The first-order valence-electron chi connectivity index (χ1n) is 5.17. The van der Waals surface area contributed by atoms with Gasteiger partial charge in [0, 0.05) is 0 Å². The summed E-state index contributed by atoms with van der Waals surface area (Å²) in [4.78, 5) is 23.7. The number of carbonyl (C=O) groups is 2. The average Bonchev–Trinajstić information content (AvgIpc) is 2.63. The van der Waals surface area contributed by atoms with Gasteiger partial charge in [0.15, 0.2) is 5.78 Å². The second-order valence-corrected chi connectivity index (χ2v) is 4.07. The summed E-state index contributed by atoms with van der Waals surface area (Å²) in [6.45, 7) is 6.77. The molecule has 4 nitrogen and oxygen atoms in total. The van der Waals surface area contributed by atoms with Crippen molar-refractivity contribution in [2.24, 2.45) is 5.41 Å². The highest BCUT2D eigenvalue weighted by molar-refractivity contribution is 6.12. The first-order chi connectivity index (χ1) is 7.41. The van der Waals surface area contributed by atoms with Crippen molar-refractivity contribution in [3.8, 4) is 0 Å². The van der Waals surface area contributed by atoms with Gasteiger partial charge in [0.25, 0.3) is 0 Å². The van der Waals surface area contributed by atoms with Gasteiger partial charge in [0.05, 0.1) is 18.4 Å². The van der Waals surface area contributed by atoms with Gasteiger partial charge in [-0.3, -0.25) is 9.59 Å². The van der Waals surface area contributed by atoms with Crippen molar-refractivity contribution < 1.29 is 18.7 Å². The van der Waals surface area contributed by atoms with Gasteiger partial charge in [-0.2, -0.15) is 0 Å². The fourth-order valence-electron chi connectivity index (χ4n) is 1.36. The van der Waals surface area contributed by atoms with Crippen LogP contribution in [-0.4, -0.2) is 18.4 Å². The zero-order valence-corrected chi connectivity index (χ0v) is 9.99. The molecule has 0 amide bonds. The van der Waals surface area contributed by atoms with Crippen LogP contribution in [0.5, 0.6) is 0 Å². The molecule has 0 fully saturated rings. The molecule has 0 radical (unpaired) electrons. The van der Waals surface area contributed by atoms with Crippen molar-refractivity contribution in [2.75, 3.05) is 6.61 Å². The Kier molecular flexibility index (Phi) is 3.52. The van der Waals surface area contributed by atoms with Crippen LogP contribution in [0.2, 0.25) is 0 Å². The third kappa shape index (κ3) is 2.15. The molecule has 0 aliphatic carbocycles. The molecule has 1 rings (SSSR count). The van der Waals surface area contributed by atoms with E-state index in [1.807, 2.05) is 0 Å². The second kappa shape index (κ2) is 4.51. The number of hydrogen-bond acceptors (Lipinski definition) is 4. The van der Waals surface area contributed by atoms with Gasteiger partial charge in [0.1, 0.15) is 11.2 Å². The minimum atomic E-state index is -1.18. The van der Waals surface area contributed by atoms with E-state index in [0.29, 0.717) is 11.3 Å². The van der Waals surface area contributed by atoms with E-state index < -0.39 is 11.4 Å². The highest BCUT2D eigenvalue weighted by Gasteiger charge is 2.39. The molecule has 0 saturated carbocycles. The predicted molar refractivity (Wildman–Crippen MR) is 58.2 cm³/mol. The maximum atomic E-state index is 12.1. The van der Waals surface area contributed by atoms with E-state index in [2.05, 4.69) is 0 Å². The number of Topliss-reactive ketones (excluding diaryl/α,β-unsaturated/α-hetero) is 1. The average molecular weight is 224 g/mol. The normalized spacial score (nSPS) is 11.2. The lowest BCUT2D eigenvalue weighted by atomic mass is 9.84. The van der Waals surface area contributed by atoms with Gasteiger partial charge in [0.2, 0.25) is 0 Å². The van der Waals surface area contributed by atoms with E-state index >= 15 is 0 Å². The Morgan fingerprint density at radius 3 is 2.50 bits per heavy atom. The van der Waals surface area contributed by atoms with E-state index in [1.54, 1.807) is 33.8 Å². The molecule has 1 aromatic rings. The van der Waals surface area contributed by atoms with E-state index in [1.165, 1.54) is 6.26 Å². The van der Waals surface area contributed by atoms with Crippen LogP contribution in [0.4, 0.5) is 0 Å². The minimum Gasteiger partial charge on any atom is -0.469 e. The summed E-state index contributed by atoms with van der Waals surface area (Å²) >= 11 is 0. The predicted octanol–water partition coefficient (Wildman–Crippen LogP) is 2.36. The van der Waals surface area contributed by atoms with E-state index in [-0.39, 0.29) is 12.4 Å². The topological polar surface area (TPSA) is 56.5 Å². The Bertz CT molecular complexity index is 401. The Labute approximate surface area is 94.6 Å². The third-order valence-corrected chi connectivity index (χ3v) is 2.46. The maximum absolute atomic E-state index is 12.1. The molecule has 0 unspecified atom stereocenters. The first-order valence-corrected chi connectivity index (χ1v) is 5.17. The number of aryl methyl sites for hydroxylation is 1. The lowest BCUT2D eigenvalue weighted by Crippen LogP contribution is -2.35. The molecular weight excluding hydrogens is 208 g/mol. The van der Waals surface area contributed by atoms with Crippen LogP contribution in [0.3, 0.4) is 0 Å². The molecule has 1 heterocycles. The lowest BCUT2D eigenvalue weighted by molar-refractivity contribution is -0.150. The molecule has 0 aromatic carbocycles. The van der Waals surface area contributed by atoms with E-state index in [4.69, 9.17) is 9.15 Å². The van der Waals surface area contributed by atoms with Crippen LogP contribution in [0.25, 0.3) is 0 Å². The zero-order chi connectivity index (χ0) is 12.3. The second-order valence-electron chi connectivity index (χ2n) is 4.07. The molecule has 0 atom stereocenters. The minimum absolute atomic E-state index is 0.264. The molecule has 0 bridgehead atoms. The van der Waals surface area contributed by atoms with Crippen LogP contribution in [0.15, 0.2) is 16.7 Å². The first kappa shape index (κ1) is 12.5. The molecule has 88 valence electrons. The molecular formula is C12H16O4. The van der Waals surface area contributed by atoms with Crippen molar-refractivity contribution in [2.45, 2.75) is 27.7 Å². The van der Waals surface area contributed by atoms with Crippen molar-refractivity contribution in [3.05, 3.63) is 23.7 Å². The SMILES string of the molecule is CCOC(=O)C(C)(C)C(=O)c1ccoc1C. The summed E-state index contributed by atoms with van der Waals surface area (Å²) < 4.78 is 9.92. The summed E-state index contributed by atoms with van der Waals surface area (Å²) in [6, 6.07) is 1.57. The maximum Gasteiger partial charge on any atom is 0.319 e. The number of ether oxygens (including phenoxy) is 1. The smallest absolute Gasteiger partial charge is 0.319 e. The van der Waals surface area contributed by atoms with E-state index in [9.17, 15) is 9.59 Å². The van der Waals surface area contributed by atoms with Crippen LogP contribution in [0.1, 0.15) is 36.9 Å². The van der Waals surface area contributed by atoms with Gasteiger partial charge >= 0.3 is 5.97 Å². The zero-order valence-electron chi connectivity index (χ0n) is 9.99. The number of carbonyl (C=O) groups excluding carboxylic acids is 2. The lowest BCUT2D eigenvalue weighted by Gasteiger charge is -2.20. The molecule has 0 spiro atoms. The number of furan rings is 1. The molecule has 1 aromatic heterocycles. The summed E-state index contributed by atoms with van der Waals surface area (Å²) in [7, 11) is 0. The van der Waals surface area contributed by atoms with Gasteiger partial charge < -0.3 is 9.15 Å². The number of esters is 1. The molecule has 4 heteroatoms. The summed E-state index contributed by atoms with van der Waals surface area (Å²) in [5.74, 6) is -0.278. The van der Waals surface area contributed by atoms with E-state index in [0.717, 1.165) is 0 Å². The van der Waals surface area contributed by atoms with Gasteiger partial charge in [-0.25, -0.2) is 0 Å². The summed E-state index contributed by atoms with van der Waals surface area (Å²) in [6.07, 6.45) is 1.43. The monoisotopic (exact) mass is 224 g/mol. The Hall–Kier alpha value is -1.58. The van der Waals surface area contributed by atoms with Gasteiger partial charge in [-0.1, -0.05) is 0 Å². The molecule has 0 aliphatic heterocycles. The number of hydrogen-bond donors (Lipinski definition) is 0. The summed E-state index contributed by atoms with van der Waals surface area (Å²) in [5, 5.41) is 0. The van der Waals surface area contributed by atoms with Crippen molar-refractivity contribution in [1.29, 1.82) is 0 Å². The standard InChI is InChI=1S/C12H16O4/c1-5-15-11(14)12(3,4)10(13)9-6-7-16-8(9)2/h6-7H,5H2,1-4H3. The van der Waals surface area contributed by atoms with Crippen molar-refractivity contribution >= 4 is 11.8 Å². The molecule has 0 N–H and O–H groups in total. The van der Waals surface area contributed by atoms with Gasteiger partial charge in [-0.05, 0) is 33.8 Å². The fourth-order valence-corrected chi connectivity index (χ4v) is 1.36. The summed E-state index contributed by atoms with van der Waals surface area (Å²) in [5.41, 5.74) is -0.747. The van der Waals surface area contributed by atoms with Gasteiger partial charge in [-0.15, -0.1) is 0 Å². The van der Waals surface area contributed by atoms with Crippen molar-refractivity contribution in [1.82, 2.24) is 0 Å². The number of rotatable bonds is 4. The largest absolute Gasteiger partial charge is 0.469 e. The van der Waals surface area contributed by atoms with Crippen LogP contribution in [0, 0.1) is 12.3 Å². The molecule has 16 heavy (non-hydrogen) atoms. The quantitative estimate of drug-likeness (QED) is 0.447. The Morgan fingerprint density at radius 1 is 1.44 bits per heavy atom. The van der Waals surface area contributed by atoms with Crippen LogP contribution in [-0.2, 0) is 9.53 Å². The number of ketones is 1. The Balaban J connectivity index is 2.97. The fraction of sp³-hybridized carbons (Fsp3) is 0.500. The van der Waals surface area contributed by atoms with Crippen LogP contribution < -0.4 is 0 Å².